The summed E-state index contributed by atoms with van der Waals surface area (Å²) in [5.41, 5.74) is 6.35. The van der Waals surface area contributed by atoms with Crippen LogP contribution in [0, 0.1) is 5.82 Å². The predicted molar refractivity (Wildman–Crippen MR) is 124 cm³/mol. The highest BCUT2D eigenvalue weighted by Crippen LogP contribution is 2.33. The Balaban J connectivity index is 1.64. The summed E-state index contributed by atoms with van der Waals surface area (Å²) in [4.78, 5) is 23.9. The lowest BCUT2D eigenvalue weighted by molar-refractivity contribution is -0.113. The van der Waals surface area contributed by atoms with Crippen LogP contribution in [0.2, 0.25) is 5.02 Å². The Morgan fingerprint density at radius 3 is 2.62 bits per heavy atom. The average Bonchev–Trinajstić information content (AvgIpc) is 3.40. The van der Waals surface area contributed by atoms with Crippen molar-refractivity contribution in [3.05, 3.63) is 76.4 Å². The molecule has 162 valence electrons. The van der Waals surface area contributed by atoms with E-state index < -0.39 is 11.7 Å². The van der Waals surface area contributed by atoms with Crippen molar-refractivity contribution in [3.8, 4) is 17.1 Å². The van der Waals surface area contributed by atoms with E-state index in [0.29, 0.717) is 26.6 Å². The number of rotatable bonds is 7. The van der Waals surface area contributed by atoms with Crippen LogP contribution in [0.4, 0.5) is 9.39 Å². The summed E-state index contributed by atoms with van der Waals surface area (Å²) >= 11 is 8.60. The first kappa shape index (κ1) is 22.0. The molecule has 2 aromatic heterocycles. The summed E-state index contributed by atoms with van der Waals surface area (Å²) in [6.45, 7) is 0. The van der Waals surface area contributed by atoms with E-state index in [1.165, 1.54) is 22.0 Å². The second kappa shape index (κ2) is 9.51. The average molecular weight is 488 g/mol. The molecule has 0 aliphatic rings. The molecule has 0 aliphatic carbocycles. The van der Waals surface area contributed by atoms with Crippen molar-refractivity contribution in [3.63, 3.8) is 0 Å². The van der Waals surface area contributed by atoms with Crippen LogP contribution < -0.4 is 11.1 Å². The van der Waals surface area contributed by atoms with Crippen molar-refractivity contribution in [2.24, 2.45) is 5.73 Å². The standard InChI is InChI=1S/C21H15ClFN5O2S2/c22-14-6-2-1-5-12(14)19-26-27-21(28(19)16-8-4-3-7-15(16)23)32-11-17(29)25-20-13(18(24)30)9-10-31-20/h1-10H,11H2,(H2,24,30)(H,25,29). The lowest BCUT2D eigenvalue weighted by Gasteiger charge is -2.12. The number of carbonyl (C=O) groups excluding carboxylic acids is 2. The van der Waals surface area contributed by atoms with Crippen LogP contribution in [0.15, 0.2) is 65.1 Å². The lowest BCUT2D eigenvalue weighted by atomic mass is 10.2. The van der Waals surface area contributed by atoms with Crippen molar-refractivity contribution in [2.75, 3.05) is 11.1 Å². The molecular weight excluding hydrogens is 473 g/mol. The molecule has 0 spiro atoms. The Labute approximate surface area is 195 Å². The quantitative estimate of drug-likeness (QED) is 0.370. The van der Waals surface area contributed by atoms with Crippen LogP contribution >= 0.6 is 34.7 Å². The molecule has 0 bridgehead atoms. The summed E-state index contributed by atoms with van der Waals surface area (Å²) in [5.74, 6) is -1.18. The van der Waals surface area contributed by atoms with Crippen LogP contribution in [0.3, 0.4) is 0 Å². The zero-order valence-electron chi connectivity index (χ0n) is 16.3. The smallest absolute Gasteiger partial charge is 0.251 e. The Bertz CT molecular complexity index is 1310. The van der Waals surface area contributed by atoms with Gasteiger partial charge in [0.05, 0.1) is 22.0 Å². The normalized spacial score (nSPS) is 10.8. The number of hydrogen-bond acceptors (Lipinski definition) is 6. The zero-order chi connectivity index (χ0) is 22.7. The Morgan fingerprint density at radius 2 is 1.88 bits per heavy atom. The maximum absolute atomic E-state index is 14.7. The highest BCUT2D eigenvalue weighted by atomic mass is 35.5. The second-order valence-corrected chi connectivity index (χ2v) is 8.70. The van der Waals surface area contributed by atoms with Crippen LogP contribution in [0.1, 0.15) is 10.4 Å². The molecule has 11 heteroatoms. The maximum Gasteiger partial charge on any atom is 0.251 e. The number of thioether (sulfide) groups is 1. The van der Waals surface area contributed by atoms with Gasteiger partial charge in [-0.1, -0.05) is 47.6 Å². The number of primary amides is 1. The minimum absolute atomic E-state index is 0.0504. The number of nitrogens with two attached hydrogens (primary N) is 1. The van der Waals surface area contributed by atoms with Gasteiger partial charge in [0.2, 0.25) is 5.91 Å². The number of hydrogen-bond donors (Lipinski definition) is 2. The van der Waals surface area contributed by atoms with Crippen LogP contribution in [-0.4, -0.2) is 32.3 Å². The first-order valence-electron chi connectivity index (χ1n) is 9.21. The molecule has 0 fully saturated rings. The van der Waals surface area contributed by atoms with Gasteiger partial charge in [-0.25, -0.2) is 4.39 Å². The molecular formula is C21H15ClFN5O2S2. The number of carbonyl (C=O) groups is 2. The number of nitrogens with one attached hydrogen (secondary N) is 1. The van der Waals surface area contributed by atoms with Crippen molar-refractivity contribution >= 4 is 51.5 Å². The largest absolute Gasteiger partial charge is 0.366 e. The monoisotopic (exact) mass is 487 g/mol. The van der Waals surface area contributed by atoms with Gasteiger partial charge >= 0.3 is 0 Å². The summed E-state index contributed by atoms with van der Waals surface area (Å²) < 4.78 is 16.2. The molecule has 0 radical (unpaired) electrons. The van der Waals surface area contributed by atoms with E-state index >= 15 is 0 Å². The van der Waals surface area contributed by atoms with Gasteiger partial charge in [-0.2, -0.15) is 0 Å². The van der Waals surface area contributed by atoms with Crippen LogP contribution in [0.5, 0.6) is 0 Å². The number of halogens is 2. The molecule has 4 rings (SSSR count). The zero-order valence-corrected chi connectivity index (χ0v) is 18.7. The third kappa shape index (κ3) is 4.52. The van der Waals surface area contributed by atoms with E-state index in [1.807, 2.05) is 0 Å². The highest BCUT2D eigenvalue weighted by Gasteiger charge is 2.21. The molecule has 2 aromatic carbocycles. The minimum Gasteiger partial charge on any atom is -0.366 e. The molecule has 7 nitrogen and oxygen atoms in total. The van der Waals surface area contributed by atoms with Gasteiger partial charge < -0.3 is 11.1 Å². The Kier molecular flexibility index (Phi) is 6.54. The number of anilines is 1. The van der Waals surface area contributed by atoms with E-state index in [2.05, 4.69) is 15.5 Å². The number of aromatic nitrogens is 3. The van der Waals surface area contributed by atoms with E-state index in [4.69, 9.17) is 17.3 Å². The van der Waals surface area contributed by atoms with Gasteiger partial charge in [-0.05, 0) is 35.7 Å². The molecule has 32 heavy (non-hydrogen) atoms. The SMILES string of the molecule is NC(=O)c1ccsc1NC(=O)CSc1nnc(-c2ccccc2Cl)n1-c1ccccc1F. The van der Waals surface area contributed by atoms with Gasteiger partial charge in [0.1, 0.15) is 10.8 Å². The lowest BCUT2D eigenvalue weighted by Crippen LogP contribution is -2.18. The van der Waals surface area contributed by atoms with E-state index in [0.717, 1.165) is 11.8 Å². The van der Waals surface area contributed by atoms with Gasteiger partial charge in [-0.15, -0.1) is 21.5 Å². The Morgan fingerprint density at radius 1 is 1.12 bits per heavy atom. The van der Waals surface area contributed by atoms with Crippen LogP contribution in [-0.2, 0) is 4.79 Å². The third-order valence-corrected chi connectivity index (χ3v) is 6.45. The summed E-state index contributed by atoms with van der Waals surface area (Å²) in [5, 5.41) is 13.8. The molecule has 0 unspecified atom stereocenters. The van der Waals surface area contributed by atoms with E-state index in [9.17, 15) is 14.0 Å². The van der Waals surface area contributed by atoms with Gasteiger partial charge in [-0.3, -0.25) is 14.2 Å². The van der Waals surface area contributed by atoms with E-state index in [1.54, 1.807) is 53.9 Å². The summed E-state index contributed by atoms with van der Waals surface area (Å²) in [6.07, 6.45) is 0. The maximum atomic E-state index is 14.7. The summed E-state index contributed by atoms with van der Waals surface area (Å²) in [6, 6.07) is 14.8. The molecule has 0 aliphatic heterocycles. The third-order valence-electron chi connectivity index (χ3n) is 4.36. The summed E-state index contributed by atoms with van der Waals surface area (Å²) in [7, 11) is 0. The van der Waals surface area contributed by atoms with Gasteiger partial charge in [0, 0.05) is 5.56 Å². The van der Waals surface area contributed by atoms with Crippen molar-refractivity contribution in [1.82, 2.24) is 14.8 Å². The fourth-order valence-electron chi connectivity index (χ4n) is 2.92. The molecule has 2 amide bonds. The number of nitrogens with zero attached hydrogens (tertiary/aromatic N) is 3. The van der Waals surface area contributed by atoms with Crippen molar-refractivity contribution in [2.45, 2.75) is 5.16 Å². The number of thiophene rings is 1. The van der Waals surface area contributed by atoms with Gasteiger partial charge in [0.15, 0.2) is 11.0 Å². The molecule has 0 saturated carbocycles. The van der Waals surface area contributed by atoms with Crippen molar-refractivity contribution in [1.29, 1.82) is 0 Å². The predicted octanol–water partition coefficient (Wildman–Crippen LogP) is 4.62. The molecule has 0 atom stereocenters. The van der Waals surface area contributed by atoms with E-state index in [-0.39, 0.29) is 22.9 Å². The molecule has 2 heterocycles. The fourth-order valence-corrected chi connectivity index (χ4v) is 4.70. The number of amides is 2. The molecule has 0 saturated heterocycles. The number of benzene rings is 2. The second-order valence-electron chi connectivity index (χ2n) is 6.44. The molecule has 3 N–H and O–H groups in total. The Hall–Kier alpha value is -3.21. The van der Waals surface area contributed by atoms with Crippen molar-refractivity contribution < 1.29 is 14.0 Å². The van der Waals surface area contributed by atoms with Crippen LogP contribution in [0.25, 0.3) is 17.1 Å². The fraction of sp³-hybridized carbons (Fsp3) is 0.0476. The highest BCUT2D eigenvalue weighted by molar-refractivity contribution is 7.99. The molecule has 4 aromatic rings. The topological polar surface area (TPSA) is 103 Å². The van der Waals surface area contributed by atoms with Gasteiger partial charge in [0.25, 0.3) is 5.91 Å². The first-order valence-corrected chi connectivity index (χ1v) is 11.4. The first-order chi connectivity index (χ1) is 15.5. The number of para-hydroxylation sites is 1. The minimum atomic E-state index is -0.627.